The van der Waals surface area contributed by atoms with E-state index < -0.39 is 12.0 Å². The molecule has 3 atom stereocenters. The van der Waals surface area contributed by atoms with Gasteiger partial charge >= 0.3 is 5.97 Å². The van der Waals surface area contributed by atoms with Gasteiger partial charge in [-0.05, 0) is 65.4 Å². The normalized spacial score (nSPS) is 23.0. The summed E-state index contributed by atoms with van der Waals surface area (Å²) in [5, 5.41) is 0. The molecule has 1 aromatic rings. The maximum atomic E-state index is 14.1. The second kappa shape index (κ2) is 10.4. The molecule has 34 heavy (non-hydrogen) atoms. The van der Waals surface area contributed by atoms with Gasteiger partial charge in [0.25, 0.3) is 0 Å². The van der Waals surface area contributed by atoms with Crippen LogP contribution in [0.1, 0.15) is 74.9 Å². The summed E-state index contributed by atoms with van der Waals surface area (Å²) in [6.45, 7) is 10.9. The lowest BCUT2D eigenvalue weighted by atomic mass is 9.80. The van der Waals surface area contributed by atoms with Gasteiger partial charge in [-0.3, -0.25) is 14.5 Å². The van der Waals surface area contributed by atoms with Crippen LogP contribution in [0, 0.1) is 29.1 Å². The number of likely N-dealkylation sites (N-methyl/N-ethyl adjacent to an activating group) is 1. The average molecular weight is 485 g/mol. The van der Waals surface area contributed by atoms with Crippen molar-refractivity contribution in [3.05, 3.63) is 27.5 Å². The number of thiophene rings is 1. The molecular weight excluding hydrogens is 448 g/mol. The Hall–Kier alpha value is -2.59. The Morgan fingerprint density at radius 1 is 1.29 bits per heavy atom. The molecule has 1 saturated heterocycles. The zero-order valence-corrected chi connectivity index (χ0v) is 22.2. The van der Waals surface area contributed by atoms with Crippen LogP contribution in [0.25, 0.3) is 0 Å². The van der Waals surface area contributed by atoms with Crippen LogP contribution in [0.15, 0.2) is 17.7 Å². The van der Waals surface area contributed by atoms with Crippen molar-refractivity contribution in [3.63, 3.8) is 0 Å². The number of likely N-dealkylation sites (tertiary alicyclic amines) is 1. The van der Waals surface area contributed by atoms with Gasteiger partial charge in [-0.25, -0.2) is 4.79 Å². The number of carbonyl (C=O) groups excluding carboxylic acids is 3. The summed E-state index contributed by atoms with van der Waals surface area (Å²) in [6, 6.07) is 1.14. The summed E-state index contributed by atoms with van der Waals surface area (Å²) < 4.78 is 5.06. The Labute approximate surface area is 207 Å². The minimum absolute atomic E-state index is 0.0980. The number of ether oxygens (including phenoxy) is 1. The number of carbonyl (C=O) groups is 3. The highest BCUT2D eigenvalue weighted by Gasteiger charge is 2.41. The minimum Gasteiger partial charge on any atom is -0.465 e. The van der Waals surface area contributed by atoms with Crippen molar-refractivity contribution in [2.24, 2.45) is 17.3 Å². The fourth-order valence-corrected chi connectivity index (χ4v) is 5.54. The maximum Gasteiger partial charge on any atom is 0.350 e. The zero-order chi connectivity index (χ0) is 25.2. The lowest BCUT2D eigenvalue weighted by Crippen LogP contribution is -2.55. The predicted molar refractivity (Wildman–Crippen MR) is 136 cm³/mol. The van der Waals surface area contributed by atoms with Gasteiger partial charge in [0.15, 0.2) is 0 Å². The topological polar surface area (TPSA) is 66.9 Å². The second-order valence-corrected chi connectivity index (χ2v) is 11.6. The molecule has 0 radical (unpaired) electrons. The molecule has 6 nitrogen and oxygen atoms in total. The summed E-state index contributed by atoms with van der Waals surface area (Å²) in [6.07, 6.45) is 4.95. The molecule has 1 fully saturated rings. The number of nitrogens with zero attached hydrogens (tertiary/aromatic N) is 2. The molecule has 2 aliphatic rings. The van der Waals surface area contributed by atoms with E-state index in [1.54, 1.807) is 22.9 Å². The van der Waals surface area contributed by atoms with Gasteiger partial charge < -0.3 is 9.64 Å². The zero-order valence-electron chi connectivity index (χ0n) is 21.4. The third kappa shape index (κ3) is 5.72. The Bertz CT molecular complexity index is 1050. The molecule has 3 rings (SSSR count). The third-order valence-electron chi connectivity index (χ3n) is 6.45. The minimum atomic E-state index is -0.646. The molecule has 1 aliphatic carbocycles. The molecule has 2 amide bonds. The van der Waals surface area contributed by atoms with Crippen LogP contribution in [-0.2, 0) is 14.3 Å². The van der Waals surface area contributed by atoms with Crippen LogP contribution in [0.2, 0.25) is 0 Å². The molecule has 1 aliphatic heterocycles. The number of piperidine rings is 1. The third-order valence-corrected chi connectivity index (χ3v) is 7.47. The Morgan fingerprint density at radius 3 is 2.62 bits per heavy atom. The summed E-state index contributed by atoms with van der Waals surface area (Å²) in [7, 11) is 3.09. The van der Waals surface area contributed by atoms with Crippen LogP contribution in [-0.4, -0.2) is 49.4 Å². The van der Waals surface area contributed by atoms with Gasteiger partial charge in [-0.2, -0.15) is 0 Å². The van der Waals surface area contributed by atoms with E-state index in [1.165, 1.54) is 24.0 Å². The van der Waals surface area contributed by atoms with Crippen molar-refractivity contribution in [2.45, 2.75) is 66.3 Å². The summed E-state index contributed by atoms with van der Waals surface area (Å²) in [4.78, 5) is 44.4. The first kappa shape index (κ1) is 26.0. The van der Waals surface area contributed by atoms with Crippen molar-refractivity contribution in [1.82, 2.24) is 4.90 Å². The van der Waals surface area contributed by atoms with E-state index in [2.05, 4.69) is 31.8 Å². The molecular formula is C27H36N2O4S. The van der Waals surface area contributed by atoms with Crippen LogP contribution in [0.4, 0.5) is 5.69 Å². The first-order valence-electron chi connectivity index (χ1n) is 11.9. The van der Waals surface area contributed by atoms with E-state index in [0.717, 1.165) is 12.8 Å². The largest absolute Gasteiger partial charge is 0.465 e. The summed E-state index contributed by atoms with van der Waals surface area (Å²) in [5.74, 6) is 5.52. The summed E-state index contributed by atoms with van der Waals surface area (Å²) >= 11 is 1.21. The van der Waals surface area contributed by atoms with Crippen LogP contribution in [0.5, 0.6) is 0 Å². The van der Waals surface area contributed by atoms with Crippen LogP contribution in [0.3, 0.4) is 0 Å². The Balaban J connectivity index is 2.14. The number of amides is 2. The molecule has 0 saturated carbocycles. The summed E-state index contributed by atoms with van der Waals surface area (Å²) in [5.41, 5.74) is 1.50. The second-order valence-electron chi connectivity index (χ2n) is 10.5. The fraction of sp³-hybridized carbons (Fsp3) is 0.593. The molecule has 7 heteroatoms. The molecule has 2 heterocycles. The van der Waals surface area contributed by atoms with E-state index in [-0.39, 0.29) is 29.1 Å². The Kier molecular flexibility index (Phi) is 7.92. The monoisotopic (exact) mass is 484 g/mol. The number of methoxy groups -OCH3 is 1. The smallest absolute Gasteiger partial charge is 0.350 e. The molecule has 1 unspecified atom stereocenters. The molecule has 0 spiro atoms. The maximum absolute atomic E-state index is 14.1. The number of hydrogen-bond donors (Lipinski definition) is 0. The Morgan fingerprint density at radius 2 is 2.00 bits per heavy atom. The van der Waals surface area contributed by atoms with Gasteiger partial charge in [-0.15, -0.1) is 11.3 Å². The fourth-order valence-electron chi connectivity index (χ4n) is 4.62. The highest BCUT2D eigenvalue weighted by atomic mass is 32.1. The van der Waals surface area contributed by atoms with Crippen molar-refractivity contribution in [3.8, 4) is 11.8 Å². The predicted octanol–water partition coefficient (Wildman–Crippen LogP) is 4.88. The number of esters is 1. The highest BCUT2D eigenvalue weighted by Crippen LogP contribution is 2.38. The lowest BCUT2D eigenvalue weighted by molar-refractivity contribution is -0.136. The van der Waals surface area contributed by atoms with E-state index in [0.29, 0.717) is 34.8 Å². The average Bonchev–Trinajstić information content (AvgIpc) is 3.18. The van der Waals surface area contributed by atoms with Crippen molar-refractivity contribution in [2.75, 3.05) is 25.6 Å². The number of hydrogen-bond acceptors (Lipinski definition) is 5. The highest BCUT2D eigenvalue weighted by molar-refractivity contribution is 7.15. The van der Waals surface area contributed by atoms with Crippen molar-refractivity contribution in [1.29, 1.82) is 0 Å². The standard InChI is InChI=1S/C27H36N2O4S/c1-17-10-11-20(18(2)15-17)24(30)29(21-9-8-14-28(6)25(21)31)22-16-19(12-13-27(3,4)5)34-23(22)26(32)33-7/h10,16,18,20-21H,8-9,11,14-15H2,1-7H3/t18-,20?,21-/m0/s1. The molecule has 0 bridgehead atoms. The lowest BCUT2D eigenvalue weighted by Gasteiger charge is -2.40. The molecule has 0 N–H and O–H groups in total. The van der Waals surface area contributed by atoms with Crippen molar-refractivity contribution < 1.29 is 19.1 Å². The van der Waals surface area contributed by atoms with Crippen LogP contribution >= 0.6 is 11.3 Å². The number of allylic oxidation sites excluding steroid dienone is 2. The van der Waals surface area contributed by atoms with E-state index in [1.807, 2.05) is 20.8 Å². The van der Waals surface area contributed by atoms with E-state index in [4.69, 9.17) is 4.74 Å². The molecule has 0 aromatic carbocycles. The first-order chi connectivity index (χ1) is 15.9. The molecule has 1 aromatic heterocycles. The number of anilines is 1. The van der Waals surface area contributed by atoms with Crippen LogP contribution < -0.4 is 4.90 Å². The van der Waals surface area contributed by atoms with Gasteiger partial charge in [0.2, 0.25) is 11.8 Å². The van der Waals surface area contributed by atoms with E-state index in [9.17, 15) is 14.4 Å². The van der Waals surface area contributed by atoms with Gasteiger partial charge in [0.1, 0.15) is 10.9 Å². The van der Waals surface area contributed by atoms with Gasteiger partial charge in [0.05, 0.1) is 17.7 Å². The van der Waals surface area contributed by atoms with Crippen molar-refractivity contribution >= 4 is 34.8 Å². The number of rotatable bonds is 4. The van der Waals surface area contributed by atoms with Gasteiger partial charge in [-0.1, -0.05) is 30.4 Å². The molecule has 184 valence electrons. The first-order valence-corrected chi connectivity index (χ1v) is 12.7. The SMILES string of the molecule is COC(=O)c1sc(C#CC(C)(C)C)cc1N(C(=O)C1CC=C(C)C[C@@H]1C)[C@H]1CCCN(C)C1=O. The van der Waals surface area contributed by atoms with Gasteiger partial charge in [0, 0.05) is 24.9 Å². The van der Waals surface area contributed by atoms with E-state index >= 15 is 0 Å². The quantitative estimate of drug-likeness (QED) is 0.347.